The van der Waals surface area contributed by atoms with Gasteiger partial charge in [-0.15, -0.1) is 0 Å². The predicted octanol–water partition coefficient (Wildman–Crippen LogP) is 3.28. The summed E-state index contributed by atoms with van der Waals surface area (Å²) < 4.78 is 0. The van der Waals surface area contributed by atoms with Crippen molar-refractivity contribution < 1.29 is 0 Å². The minimum absolute atomic E-state index is 0.695. The van der Waals surface area contributed by atoms with Crippen molar-refractivity contribution in [2.75, 3.05) is 6.54 Å². The lowest BCUT2D eigenvalue weighted by Gasteiger charge is -2.32. The van der Waals surface area contributed by atoms with Gasteiger partial charge < -0.3 is 5.32 Å². The molecule has 0 saturated carbocycles. The van der Waals surface area contributed by atoms with Gasteiger partial charge in [-0.05, 0) is 62.6 Å². The lowest BCUT2D eigenvalue weighted by Crippen LogP contribution is -2.39. The minimum atomic E-state index is 0.695. The quantitative estimate of drug-likeness (QED) is 0.863. The van der Waals surface area contributed by atoms with E-state index in [1.165, 1.54) is 56.3 Å². The molecule has 3 atom stereocenters. The summed E-state index contributed by atoms with van der Waals surface area (Å²) in [7, 11) is 0. The van der Waals surface area contributed by atoms with Crippen molar-refractivity contribution in [2.45, 2.75) is 57.4 Å². The van der Waals surface area contributed by atoms with Gasteiger partial charge in [0.2, 0.25) is 0 Å². The van der Waals surface area contributed by atoms with Crippen molar-refractivity contribution in [1.29, 1.82) is 0 Å². The molecule has 2 nitrogen and oxygen atoms in total. The van der Waals surface area contributed by atoms with Gasteiger partial charge >= 0.3 is 0 Å². The number of rotatable bonds is 2. The molecule has 1 aliphatic carbocycles. The van der Waals surface area contributed by atoms with Crippen LogP contribution in [0.25, 0.3) is 0 Å². The van der Waals surface area contributed by atoms with Crippen LogP contribution in [0.1, 0.15) is 56.2 Å². The number of aryl methyl sites for hydroxylation is 1. The Hall–Kier alpha value is -0.890. The maximum Gasteiger partial charge on any atom is 0.0467 e. The highest BCUT2D eigenvalue weighted by Gasteiger charge is 2.26. The minimum Gasteiger partial charge on any atom is -0.314 e. The molecule has 1 saturated heterocycles. The van der Waals surface area contributed by atoms with Crippen molar-refractivity contribution in [3.63, 3.8) is 0 Å². The molecule has 0 aromatic carbocycles. The first-order chi connectivity index (χ1) is 8.83. The lowest BCUT2D eigenvalue weighted by atomic mass is 9.81. The van der Waals surface area contributed by atoms with Crippen LogP contribution in [0.3, 0.4) is 0 Å². The van der Waals surface area contributed by atoms with Gasteiger partial charge in [0.05, 0.1) is 0 Å². The molecule has 1 N–H and O–H groups in total. The molecule has 0 amide bonds. The first-order valence-corrected chi connectivity index (χ1v) is 7.50. The van der Waals surface area contributed by atoms with E-state index in [0.717, 1.165) is 12.0 Å². The van der Waals surface area contributed by atoms with Crippen molar-refractivity contribution in [2.24, 2.45) is 5.92 Å². The van der Waals surface area contributed by atoms with Crippen molar-refractivity contribution in [1.82, 2.24) is 10.3 Å². The van der Waals surface area contributed by atoms with Crippen LogP contribution in [-0.2, 0) is 6.42 Å². The molecule has 1 aromatic heterocycles. The van der Waals surface area contributed by atoms with Crippen LogP contribution < -0.4 is 5.32 Å². The summed E-state index contributed by atoms with van der Waals surface area (Å²) in [5.74, 6) is 1.55. The van der Waals surface area contributed by atoms with Gasteiger partial charge in [0.25, 0.3) is 0 Å². The van der Waals surface area contributed by atoms with E-state index in [4.69, 9.17) is 0 Å². The molecule has 98 valence electrons. The van der Waals surface area contributed by atoms with Gasteiger partial charge in [0.15, 0.2) is 0 Å². The third-order valence-corrected chi connectivity index (χ3v) is 4.64. The maximum atomic E-state index is 4.65. The highest BCUT2D eigenvalue weighted by atomic mass is 14.9. The molecular weight excluding hydrogens is 220 g/mol. The van der Waals surface area contributed by atoms with Crippen LogP contribution in [0.4, 0.5) is 0 Å². The number of pyridine rings is 1. The van der Waals surface area contributed by atoms with Crippen molar-refractivity contribution in [3.05, 3.63) is 29.6 Å². The van der Waals surface area contributed by atoms with Gasteiger partial charge in [0.1, 0.15) is 0 Å². The Morgan fingerprint density at radius 3 is 3.11 bits per heavy atom. The lowest BCUT2D eigenvalue weighted by molar-refractivity contribution is 0.294. The van der Waals surface area contributed by atoms with Crippen LogP contribution in [0.2, 0.25) is 0 Å². The van der Waals surface area contributed by atoms with Crippen molar-refractivity contribution in [3.8, 4) is 0 Å². The fourth-order valence-corrected chi connectivity index (χ4v) is 3.54. The van der Waals surface area contributed by atoms with E-state index in [0.29, 0.717) is 5.92 Å². The zero-order valence-electron chi connectivity index (χ0n) is 11.4. The van der Waals surface area contributed by atoms with Gasteiger partial charge in [-0.1, -0.05) is 13.0 Å². The summed E-state index contributed by atoms with van der Waals surface area (Å²) in [5.41, 5.74) is 2.89. The Morgan fingerprint density at radius 2 is 2.28 bits per heavy atom. The first-order valence-electron chi connectivity index (χ1n) is 7.50. The smallest absolute Gasteiger partial charge is 0.0467 e. The van der Waals surface area contributed by atoms with E-state index in [1.54, 1.807) is 0 Å². The largest absolute Gasteiger partial charge is 0.314 e. The summed E-state index contributed by atoms with van der Waals surface area (Å²) in [5, 5.41) is 3.72. The van der Waals surface area contributed by atoms with Gasteiger partial charge in [-0.2, -0.15) is 0 Å². The Kier molecular flexibility index (Phi) is 3.64. The van der Waals surface area contributed by atoms with E-state index in [1.807, 2.05) is 6.20 Å². The van der Waals surface area contributed by atoms with E-state index in [2.05, 4.69) is 29.4 Å². The number of nitrogens with zero attached hydrogens (tertiary/aromatic N) is 1. The molecule has 0 bridgehead atoms. The molecule has 0 spiro atoms. The first kappa shape index (κ1) is 12.2. The number of hydrogen-bond acceptors (Lipinski definition) is 2. The average molecular weight is 244 g/mol. The molecule has 1 aromatic rings. The molecule has 1 aliphatic heterocycles. The molecule has 1 fully saturated rings. The molecule has 2 aliphatic rings. The zero-order chi connectivity index (χ0) is 12.4. The third-order valence-electron chi connectivity index (χ3n) is 4.64. The summed E-state index contributed by atoms with van der Waals surface area (Å²) in [6, 6.07) is 5.08. The van der Waals surface area contributed by atoms with E-state index in [9.17, 15) is 0 Å². The number of fused-ring (bicyclic) bond motifs is 1. The number of piperidine rings is 1. The van der Waals surface area contributed by atoms with Gasteiger partial charge in [-0.25, -0.2) is 0 Å². The van der Waals surface area contributed by atoms with Crippen LogP contribution in [0.5, 0.6) is 0 Å². The summed E-state index contributed by atoms with van der Waals surface area (Å²) >= 11 is 0. The second-order valence-corrected chi connectivity index (χ2v) is 6.16. The topological polar surface area (TPSA) is 24.9 Å². The van der Waals surface area contributed by atoms with E-state index in [-0.39, 0.29) is 0 Å². The molecule has 0 radical (unpaired) electrons. The van der Waals surface area contributed by atoms with Gasteiger partial charge in [-0.3, -0.25) is 4.98 Å². The van der Waals surface area contributed by atoms with Crippen molar-refractivity contribution >= 4 is 0 Å². The Balaban J connectivity index is 1.67. The molecule has 3 unspecified atom stereocenters. The van der Waals surface area contributed by atoms with Crippen LogP contribution in [0, 0.1) is 5.92 Å². The predicted molar refractivity (Wildman–Crippen MR) is 74.7 cm³/mol. The van der Waals surface area contributed by atoms with E-state index >= 15 is 0 Å². The molecule has 3 rings (SSSR count). The van der Waals surface area contributed by atoms with Gasteiger partial charge in [0, 0.05) is 23.9 Å². The third kappa shape index (κ3) is 2.59. The standard InChI is InChI=1S/C16H24N2/c1-12-7-8-15(18-11-12)10-14-5-2-4-13-6-3-9-17-16(13)14/h3,6,9,12,14-15,18H,2,4-5,7-8,10-11H2,1H3. The number of aromatic nitrogens is 1. The van der Waals surface area contributed by atoms with Crippen LogP contribution >= 0.6 is 0 Å². The summed E-state index contributed by atoms with van der Waals surface area (Å²) in [4.78, 5) is 4.65. The Bertz CT molecular complexity index is 394. The second kappa shape index (κ2) is 5.40. The highest BCUT2D eigenvalue weighted by Crippen LogP contribution is 2.34. The molecular formula is C16H24N2. The summed E-state index contributed by atoms with van der Waals surface area (Å²) in [6.45, 7) is 3.55. The highest BCUT2D eigenvalue weighted by molar-refractivity contribution is 5.26. The fourth-order valence-electron chi connectivity index (χ4n) is 3.54. The average Bonchev–Trinajstić information content (AvgIpc) is 2.42. The second-order valence-electron chi connectivity index (χ2n) is 6.16. The Labute approximate surface area is 110 Å². The molecule has 2 heterocycles. The fraction of sp³-hybridized carbons (Fsp3) is 0.688. The summed E-state index contributed by atoms with van der Waals surface area (Å²) in [6.07, 6.45) is 9.89. The van der Waals surface area contributed by atoms with Crippen LogP contribution in [0.15, 0.2) is 18.3 Å². The molecule has 2 heteroatoms. The monoisotopic (exact) mass is 244 g/mol. The number of hydrogen-bond donors (Lipinski definition) is 1. The van der Waals surface area contributed by atoms with E-state index < -0.39 is 0 Å². The number of nitrogens with one attached hydrogen (secondary N) is 1. The van der Waals surface area contributed by atoms with Crippen LogP contribution in [-0.4, -0.2) is 17.6 Å². The zero-order valence-corrected chi connectivity index (χ0v) is 11.4. The molecule has 18 heavy (non-hydrogen) atoms. The Morgan fingerprint density at radius 1 is 1.33 bits per heavy atom. The SMILES string of the molecule is CC1CCC(CC2CCCc3cccnc32)NC1. The maximum absolute atomic E-state index is 4.65. The normalized spacial score (nSPS) is 31.9.